The summed E-state index contributed by atoms with van der Waals surface area (Å²) < 4.78 is 36.2. The van der Waals surface area contributed by atoms with Crippen molar-refractivity contribution in [1.82, 2.24) is 0 Å². The van der Waals surface area contributed by atoms with Crippen molar-refractivity contribution in [2.75, 3.05) is 5.73 Å². The number of hydrogen-bond acceptors (Lipinski definition) is 1. The molecule has 1 aromatic rings. The minimum atomic E-state index is -4.47. The predicted octanol–water partition coefficient (Wildman–Crippen LogP) is 2.74. The lowest BCUT2D eigenvalue weighted by atomic mass is 10.2. The topological polar surface area (TPSA) is 26.0 Å². The summed E-state index contributed by atoms with van der Waals surface area (Å²) in [5.41, 5.74) is 3.65. The molecule has 2 N–H and O–H groups in total. The first kappa shape index (κ1) is 9.19. The van der Waals surface area contributed by atoms with Crippen molar-refractivity contribution in [3.05, 3.63) is 28.8 Å². The maximum atomic E-state index is 12.1. The number of anilines is 1. The van der Waals surface area contributed by atoms with Crippen LogP contribution < -0.4 is 5.73 Å². The van der Waals surface area contributed by atoms with E-state index in [0.29, 0.717) is 0 Å². The number of halogens is 4. The summed E-state index contributed by atoms with van der Waals surface area (Å²) in [4.78, 5) is 0. The Bertz CT molecular complexity index is 295. The van der Waals surface area contributed by atoms with Crippen LogP contribution >= 0.6 is 11.6 Å². The molecule has 1 aromatic carbocycles. The Morgan fingerprint density at radius 3 is 2.42 bits per heavy atom. The number of rotatable bonds is 0. The van der Waals surface area contributed by atoms with Crippen LogP contribution in [-0.4, -0.2) is 0 Å². The maximum absolute atomic E-state index is 12.1. The number of benzene rings is 1. The Balaban J connectivity index is 3.23. The lowest BCUT2D eigenvalue weighted by Crippen LogP contribution is -2.08. The average Bonchev–Trinajstić information content (AvgIpc) is 1.92. The minimum absolute atomic E-state index is 0.0310. The Kier molecular flexibility index (Phi) is 2.19. The minimum Gasteiger partial charge on any atom is -0.398 e. The van der Waals surface area contributed by atoms with E-state index < -0.39 is 17.4 Å². The van der Waals surface area contributed by atoms with Gasteiger partial charge < -0.3 is 5.73 Å². The smallest absolute Gasteiger partial charge is 0.398 e. The second kappa shape index (κ2) is 2.86. The van der Waals surface area contributed by atoms with Gasteiger partial charge in [-0.15, -0.1) is 0 Å². The number of hydrogen-bond donors (Lipinski definition) is 1. The fraction of sp³-hybridized carbons (Fsp3) is 0.143. The number of nitrogen functional groups attached to an aromatic ring is 1. The molecule has 0 aliphatic heterocycles. The standard InChI is InChI=1S/C7H4ClF3N/c8-4-1-2-6(12)5(3-4)7(9,10)11/h1,3H,12H2. The van der Waals surface area contributed by atoms with Crippen LogP contribution in [0.2, 0.25) is 5.02 Å². The van der Waals surface area contributed by atoms with Crippen molar-refractivity contribution >= 4 is 17.3 Å². The Hall–Kier alpha value is -0.900. The van der Waals surface area contributed by atoms with Crippen molar-refractivity contribution in [1.29, 1.82) is 0 Å². The summed E-state index contributed by atoms with van der Waals surface area (Å²) in [6.45, 7) is 0. The largest absolute Gasteiger partial charge is 0.418 e. The summed E-state index contributed by atoms with van der Waals surface area (Å²) in [5.74, 6) is 0. The molecule has 0 spiro atoms. The summed E-state index contributed by atoms with van der Waals surface area (Å²) in [7, 11) is 0. The summed E-state index contributed by atoms with van der Waals surface area (Å²) in [5, 5.41) is -0.0310. The molecular weight excluding hydrogens is 191 g/mol. The van der Waals surface area contributed by atoms with Gasteiger partial charge in [-0.1, -0.05) is 11.6 Å². The van der Waals surface area contributed by atoms with Crippen LogP contribution in [0.4, 0.5) is 18.9 Å². The van der Waals surface area contributed by atoms with E-state index in [9.17, 15) is 13.2 Å². The van der Waals surface area contributed by atoms with E-state index in [-0.39, 0.29) is 5.02 Å². The van der Waals surface area contributed by atoms with Crippen LogP contribution in [0.3, 0.4) is 0 Å². The molecule has 0 atom stereocenters. The molecule has 1 nitrogen and oxygen atoms in total. The highest BCUT2D eigenvalue weighted by Gasteiger charge is 2.32. The van der Waals surface area contributed by atoms with Gasteiger partial charge in [-0.2, -0.15) is 13.2 Å². The molecule has 1 radical (unpaired) electrons. The molecule has 0 aliphatic carbocycles. The van der Waals surface area contributed by atoms with Crippen LogP contribution in [-0.2, 0) is 6.18 Å². The molecule has 5 heteroatoms. The lowest BCUT2D eigenvalue weighted by molar-refractivity contribution is -0.136. The molecular formula is C7H4ClF3N. The second-order valence-corrected chi connectivity index (χ2v) is 2.58. The zero-order chi connectivity index (χ0) is 9.35. The zero-order valence-electron chi connectivity index (χ0n) is 5.74. The Morgan fingerprint density at radius 1 is 1.42 bits per heavy atom. The van der Waals surface area contributed by atoms with Crippen LogP contribution in [0.5, 0.6) is 0 Å². The average molecular weight is 195 g/mol. The van der Waals surface area contributed by atoms with Gasteiger partial charge in [-0.25, -0.2) is 0 Å². The van der Waals surface area contributed by atoms with Gasteiger partial charge in [-0.3, -0.25) is 0 Å². The summed E-state index contributed by atoms with van der Waals surface area (Å²) >= 11 is 5.34. The molecule has 0 fully saturated rings. The second-order valence-electron chi connectivity index (χ2n) is 2.14. The van der Waals surface area contributed by atoms with Crippen molar-refractivity contribution < 1.29 is 13.2 Å². The van der Waals surface area contributed by atoms with E-state index in [2.05, 4.69) is 6.07 Å². The molecule has 12 heavy (non-hydrogen) atoms. The first-order chi connectivity index (χ1) is 5.41. The van der Waals surface area contributed by atoms with Crippen molar-refractivity contribution in [3.63, 3.8) is 0 Å². The highest BCUT2D eigenvalue weighted by atomic mass is 35.5. The van der Waals surface area contributed by atoms with Crippen LogP contribution in [0.25, 0.3) is 0 Å². The molecule has 0 bridgehead atoms. The van der Waals surface area contributed by atoms with E-state index in [1.165, 1.54) is 6.07 Å². The molecule has 0 heterocycles. The highest BCUT2D eigenvalue weighted by molar-refractivity contribution is 6.30. The van der Waals surface area contributed by atoms with Crippen molar-refractivity contribution in [2.45, 2.75) is 6.18 Å². The molecule has 65 valence electrons. The molecule has 1 rings (SSSR count). The molecule has 0 amide bonds. The van der Waals surface area contributed by atoms with E-state index in [4.69, 9.17) is 17.3 Å². The van der Waals surface area contributed by atoms with Gasteiger partial charge in [0.1, 0.15) is 0 Å². The van der Waals surface area contributed by atoms with Gasteiger partial charge in [0.2, 0.25) is 0 Å². The molecule has 0 aromatic heterocycles. The molecule has 0 saturated heterocycles. The number of alkyl halides is 3. The Labute approximate surface area is 71.9 Å². The Morgan fingerprint density at radius 2 is 2.00 bits per heavy atom. The van der Waals surface area contributed by atoms with Crippen LogP contribution in [0.15, 0.2) is 12.1 Å². The quantitative estimate of drug-likeness (QED) is 0.632. The fourth-order valence-corrected chi connectivity index (χ4v) is 0.880. The SMILES string of the molecule is Nc1[c]cc(Cl)cc1C(F)(F)F. The first-order valence-electron chi connectivity index (χ1n) is 2.95. The van der Waals surface area contributed by atoms with Gasteiger partial charge in [0.15, 0.2) is 0 Å². The van der Waals surface area contributed by atoms with Gasteiger partial charge in [0.25, 0.3) is 0 Å². The highest BCUT2D eigenvalue weighted by Crippen LogP contribution is 2.34. The fourth-order valence-electron chi connectivity index (χ4n) is 0.716. The molecule has 0 unspecified atom stereocenters. The van der Waals surface area contributed by atoms with E-state index in [1.807, 2.05) is 0 Å². The maximum Gasteiger partial charge on any atom is 0.418 e. The molecule has 0 saturated carbocycles. The zero-order valence-corrected chi connectivity index (χ0v) is 6.50. The number of nitrogens with two attached hydrogens (primary N) is 1. The van der Waals surface area contributed by atoms with Gasteiger partial charge in [0.05, 0.1) is 11.3 Å². The third-order valence-electron chi connectivity index (χ3n) is 1.24. The predicted molar refractivity (Wildman–Crippen MR) is 39.7 cm³/mol. The van der Waals surface area contributed by atoms with E-state index in [0.717, 1.165) is 6.07 Å². The van der Waals surface area contributed by atoms with Crippen LogP contribution in [0, 0.1) is 6.07 Å². The van der Waals surface area contributed by atoms with Gasteiger partial charge >= 0.3 is 6.18 Å². The lowest BCUT2D eigenvalue weighted by Gasteiger charge is -2.08. The van der Waals surface area contributed by atoms with Gasteiger partial charge in [-0.05, 0) is 12.1 Å². The van der Waals surface area contributed by atoms with E-state index >= 15 is 0 Å². The third kappa shape index (κ3) is 1.82. The van der Waals surface area contributed by atoms with Crippen LogP contribution in [0.1, 0.15) is 5.56 Å². The first-order valence-corrected chi connectivity index (χ1v) is 3.33. The molecule has 0 aliphatic rings. The third-order valence-corrected chi connectivity index (χ3v) is 1.46. The van der Waals surface area contributed by atoms with Gasteiger partial charge in [0, 0.05) is 11.1 Å². The van der Waals surface area contributed by atoms with E-state index in [1.54, 1.807) is 0 Å². The summed E-state index contributed by atoms with van der Waals surface area (Å²) in [6.07, 6.45) is -4.47. The normalized spacial score (nSPS) is 11.7. The summed E-state index contributed by atoms with van der Waals surface area (Å²) in [6, 6.07) is 4.16. The van der Waals surface area contributed by atoms with Crippen molar-refractivity contribution in [2.24, 2.45) is 0 Å². The monoisotopic (exact) mass is 194 g/mol. The van der Waals surface area contributed by atoms with Crippen molar-refractivity contribution in [3.8, 4) is 0 Å².